The van der Waals surface area contributed by atoms with E-state index < -0.39 is 20.7 Å². The molecule has 0 saturated carbocycles. The van der Waals surface area contributed by atoms with Crippen molar-refractivity contribution in [3.8, 4) is 17.2 Å². The summed E-state index contributed by atoms with van der Waals surface area (Å²) >= 11 is 0. The minimum atomic E-state index is -3.34. The van der Waals surface area contributed by atoms with Crippen molar-refractivity contribution in [1.29, 1.82) is 0 Å². The number of carbonyl (C=O) groups excluding carboxylic acids is 2. The van der Waals surface area contributed by atoms with Crippen LogP contribution in [0.25, 0.3) is 0 Å². The first-order chi connectivity index (χ1) is 15.5. The van der Waals surface area contributed by atoms with Crippen LogP contribution < -0.4 is 13.3 Å². The molecule has 6 nitrogen and oxygen atoms in total. The first-order valence-corrected chi connectivity index (χ1v) is 12.4. The van der Waals surface area contributed by atoms with Gasteiger partial charge in [-0.15, -0.1) is 0 Å². The molecule has 3 aromatic carbocycles. The Balaban J connectivity index is 1.82. The highest BCUT2D eigenvalue weighted by molar-refractivity contribution is 6.63. The van der Waals surface area contributed by atoms with Gasteiger partial charge in [-0.25, -0.2) is 0 Å². The van der Waals surface area contributed by atoms with Crippen molar-refractivity contribution >= 4 is 20.7 Å². The first kappa shape index (κ1) is 23.1. The number of hydrogen-bond donors (Lipinski definition) is 0. The summed E-state index contributed by atoms with van der Waals surface area (Å²) in [5.41, 5.74) is 0. The molecule has 0 heterocycles. The molecule has 166 valence electrons. The van der Waals surface area contributed by atoms with E-state index >= 15 is 0 Å². The molecule has 32 heavy (non-hydrogen) atoms. The minimum absolute atomic E-state index is 0.131. The quantitative estimate of drug-likeness (QED) is 0.168. The number of ether oxygens (including phenoxy) is 1. The van der Waals surface area contributed by atoms with Gasteiger partial charge in [0.25, 0.3) is 0 Å². The molecule has 0 aromatic heterocycles. The van der Waals surface area contributed by atoms with Crippen molar-refractivity contribution in [1.82, 2.24) is 0 Å². The number of benzene rings is 3. The van der Waals surface area contributed by atoms with Crippen molar-refractivity contribution in [2.24, 2.45) is 0 Å². The maximum atomic E-state index is 11.7. The number of unbranched alkanes of at least 4 members (excludes halogenated alkanes) is 1. The first-order valence-electron chi connectivity index (χ1n) is 10.5. The molecule has 0 fully saturated rings. The van der Waals surface area contributed by atoms with Crippen LogP contribution in [-0.2, 0) is 14.3 Å². The van der Waals surface area contributed by atoms with E-state index in [4.69, 9.17) is 13.3 Å². The zero-order valence-corrected chi connectivity index (χ0v) is 18.9. The van der Waals surface area contributed by atoms with E-state index in [0.717, 1.165) is 0 Å². The van der Waals surface area contributed by atoms with Crippen molar-refractivity contribution in [3.63, 3.8) is 0 Å². The number of hydrogen-bond acceptors (Lipinski definition) is 6. The van der Waals surface area contributed by atoms with Gasteiger partial charge >= 0.3 is 20.7 Å². The lowest BCUT2D eigenvalue weighted by Gasteiger charge is -2.30. The number of carbonyl (C=O) groups is 2. The van der Waals surface area contributed by atoms with E-state index in [9.17, 15) is 9.59 Å². The standard InChI is InChI=1S/C25H26O6Si/c1-21(26)28-25(27)19-11-12-20-32(29-22-13-5-2-6-14-22,30-23-15-7-3-8-16-23)31-24-17-9-4-10-18-24/h2-10,13-18H,11-12,19-20H2,1H3. The highest BCUT2D eigenvalue weighted by Crippen LogP contribution is 2.28. The SMILES string of the molecule is CC(=O)OC(=O)CCCC[Si](Oc1ccccc1)(Oc1ccccc1)Oc1ccccc1. The third-order valence-electron chi connectivity index (χ3n) is 4.42. The van der Waals surface area contributed by atoms with E-state index in [-0.39, 0.29) is 6.42 Å². The Bertz CT molecular complexity index is 878. The van der Waals surface area contributed by atoms with Crippen LogP contribution >= 0.6 is 0 Å². The smallest absolute Gasteiger partial charge is 0.483 e. The van der Waals surface area contributed by atoms with Gasteiger partial charge in [0.05, 0.1) is 6.04 Å². The van der Waals surface area contributed by atoms with E-state index in [0.29, 0.717) is 36.1 Å². The Morgan fingerprint density at radius 2 is 1.06 bits per heavy atom. The Morgan fingerprint density at radius 1 is 0.656 bits per heavy atom. The van der Waals surface area contributed by atoms with Crippen LogP contribution in [0.3, 0.4) is 0 Å². The summed E-state index contributed by atoms with van der Waals surface area (Å²) in [5, 5.41) is 0. The van der Waals surface area contributed by atoms with Gasteiger partial charge in [0.2, 0.25) is 0 Å². The third kappa shape index (κ3) is 7.59. The fourth-order valence-corrected chi connectivity index (χ4v) is 5.64. The van der Waals surface area contributed by atoms with Crippen LogP contribution in [0.4, 0.5) is 0 Å². The summed E-state index contributed by atoms with van der Waals surface area (Å²) in [7, 11) is -3.34. The summed E-state index contributed by atoms with van der Waals surface area (Å²) in [4.78, 5) is 22.7. The van der Waals surface area contributed by atoms with Crippen LogP contribution in [0.1, 0.15) is 26.2 Å². The average Bonchev–Trinajstić information content (AvgIpc) is 2.78. The second kappa shape index (κ2) is 11.7. The van der Waals surface area contributed by atoms with Gasteiger partial charge in [-0.05, 0) is 49.2 Å². The zero-order valence-electron chi connectivity index (χ0n) is 17.9. The van der Waals surface area contributed by atoms with Crippen LogP contribution in [-0.4, -0.2) is 20.7 Å². The maximum absolute atomic E-state index is 11.7. The van der Waals surface area contributed by atoms with E-state index in [1.165, 1.54) is 6.92 Å². The molecule has 0 amide bonds. The molecule has 0 spiro atoms. The molecule has 0 aliphatic carbocycles. The lowest BCUT2D eigenvalue weighted by Crippen LogP contribution is -2.54. The third-order valence-corrected chi connectivity index (χ3v) is 7.03. The molecule has 3 aromatic rings. The molecule has 0 atom stereocenters. The van der Waals surface area contributed by atoms with Gasteiger partial charge in [-0.2, -0.15) is 0 Å². The lowest BCUT2D eigenvalue weighted by molar-refractivity contribution is -0.158. The molecule has 0 aliphatic heterocycles. The van der Waals surface area contributed by atoms with Crippen molar-refractivity contribution in [3.05, 3.63) is 91.0 Å². The molecule has 0 aliphatic rings. The fraction of sp³-hybridized carbons (Fsp3) is 0.200. The van der Waals surface area contributed by atoms with Gasteiger partial charge in [0, 0.05) is 13.3 Å². The highest BCUT2D eigenvalue weighted by atomic mass is 28.4. The second-order valence-corrected chi connectivity index (χ2v) is 9.58. The summed E-state index contributed by atoms with van der Waals surface area (Å²) in [5.74, 6) is 0.777. The predicted molar refractivity (Wildman–Crippen MR) is 122 cm³/mol. The topological polar surface area (TPSA) is 71.1 Å². The number of rotatable bonds is 11. The average molecular weight is 451 g/mol. The summed E-state index contributed by atoms with van der Waals surface area (Å²) in [6.07, 6.45) is 1.23. The molecular weight excluding hydrogens is 424 g/mol. The van der Waals surface area contributed by atoms with Gasteiger partial charge in [-0.3, -0.25) is 9.59 Å². The molecule has 0 unspecified atom stereocenters. The lowest BCUT2D eigenvalue weighted by atomic mass is 10.2. The minimum Gasteiger partial charge on any atom is -0.483 e. The van der Waals surface area contributed by atoms with Crippen molar-refractivity contribution < 1.29 is 27.6 Å². The molecule has 0 bridgehead atoms. The fourth-order valence-electron chi connectivity index (χ4n) is 3.04. The molecule has 0 N–H and O–H groups in total. The largest absolute Gasteiger partial charge is 0.699 e. The van der Waals surface area contributed by atoms with E-state index in [1.54, 1.807) is 0 Å². The second-order valence-electron chi connectivity index (χ2n) is 7.10. The number of esters is 2. The van der Waals surface area contributed by atoms with Gasteiger partial charge < -0.3 is 18.0 Å². The van der Waals surface area contributed by atoms with E-state index in [1.807, 2.05) is 91.0 Å². The summed E-state index contributed by atoms with van der Waals surface area (Å²) < 4.78 is 23.8. The van der Waals surface area contributed by atoms with Crippen molar-refractivity contribution in [2.75, 3.05) is 0 Å². The Labute approximate surface area is 189 Å². The van der Waals surface area contributed by atoms with Crippen LogP contribution in [0.5, 0.6) is 17.2 Å². The maximum Gasteiger partial charge on any atom is 0.699 e. The van der Waals surface area contributed by atoms with Gasteiger partial charge in [-0.1, -0.05) is 54.6 Å². The molecule has 7 heteroatoms. The zero-order chi connectivity index (χ0) is 22.7. The van der Waals surface area contributed by atoms with Gasteiger partial charge in [0.15, 0.2) is 0 Å². The molecule has 0 saturated heterocycles. The molecule has 0 radical (unpaired) electrons. The van der Waals surface area contributed by atoms with Crippen LogP contribution in [0, 0.1) is 0 Å². The van der Waals surface area contributed by atoms with Crippen LogP contribution in [0.2, 0.25) is 6.04 Å². The summed E-state index contributed by atoms with van der Waals surface area (Å²) in [6.45, 7) is 1.21. The Morgan fingerprint density at radius 3 is 1.44 bits per heavy atom. The molecular formula is C25H26O6Si. The summed E-state index contributed by atoms with van der Waals surface area (Å²) in [6, 6.07) is 28.6. The van der Waals surface area contributed by atoms with Crippen molar-refractivity contribution in [2.45, 2.75) is 32.2 Å². The molecule has 3 rings (SSSR count). The Kier molecular flexibility index (Phi) is 8.45. The Hall–Kier alpha value is -3.58. The number of para-hydroxylation sites is 3. The monoisotopic (exact) mass is 450 g/mol. The highest BCUT2D eigenvalue weighted by Gasteiger charge is 2.48. The normalized spacial score (nSPS) is 10.8. The predicted octanol–water partition coefficient (Wildman–Crippen LogP) is 5.42. The van der Waals surface area contributed by atoms with Gasteiger partial charge in [0.1, 0.15) is 17.2 Å². The van der Waals surface area contributed by atoms with E-state index in [2.05, 4.69) is 4.74 Å². The van der Waals surface area contributed by atoms with Crippen LogP contribution in [0.15, 0.2) is 91.0 Å².